The number of oxazole rings is 1. The van der Waals surface area contributed by atoms with Gasteiger partial charge in [-0.2, -0.15) is 0 Å². The number of rotatable bonds is 4. The highest BCUT2D eigenvalue weighted by Crippen LogP contribution is 2.08. The van der Waals surface area contributed by atoms with Gasteiger partial charge in [0.15, 0.2) is 0 Å². The lowest BCUT2D eigenvalue weighted by Crippen LogP contribution is -2.03. The number of nitrogens with zero attached hydrogens (tertiary/aromatic N) is 3. The van der Waals surface area contributed by atoms with Crippen LogP contribution in [0.1, 0.15) is 18.6 Å². The average Bonchev–Trinajstić information content (AvgIpc) is 2.76. The predicted octanol–water partition coefficient (Wildman–Crippen LogP) is 2.29. The van der Waals surface area contributed by atoms with E-state index in [1.807, 2.05) is 6.92 Å². The molecule has 0 unspecified atom stereocenters. The number of aryl methyl sites for hydroxylation is 1. The maximum absolute atomic E-state index is 5.67. The van der Waals surface area contributed by atoms with Crippen LogP contribution in [0.25, 0.3) is 0 Å². The van der Waals surface area contributed by atoms with Crippen LogP contribution in [0, 0.1) is 0 Å². The smallest absolute Gasteiger partial charge is 0.223 e. The Morgan fingerprint density at radius 3 is 2.62 bits per heavy atom. The van der Waals surface area contributed by atoms with Crippen molar-refractivity contribution >= 4 is 17.5 Å². The van der Waals surface area contributed by atoms with E-state index in [-0.39, 0.29) is 0 Å². The Balaban J connectivity index is 1.94. The molecule has 0 aliphatic rings. The van der Waals surface area contributed by atoms with Crippen molar-refractivity contribution in [1.82, 2.24) is 15.0 Å². The van der Waals surface area contributed by atoms with Crippen molar-refractivity contribution in [3.8, 4) is 0 Å². The number of hydrogen-bond donors (Lipinski definition) is 1. The molecule has 6 heteroatoms. The lowest BCUT2D eigenvalue weighted by atomic mass is 10.4. The minimum absolute atomic E-state index is 0.460. The summed E-state index contributed by atoms with van der Waals surface area (Å²) in [6, 6.07) is 0. The lowest BCUT2D eigenvalue weighted by Gasteiger charge is -2.00. The average molecular weight is 239 g/mol. The molecule has 84 valence electrons. The van der Waals surface area contributed by atoms with Crippen molar-refractivity contribution < 1.29 is 4.42 Å². The highest BCUT2D eigenvalue weighted by Gasteiger charge is 2.02. The van der Waals surface area contributed by atoms with E-state index in [0.717, 1.165) is 12.2 Å². The minimum Gasteiger partial charge on any atom is -0.444 e. The van der Waals surface area contributed by atoms with E-state index in [0.29, 0.717) is 23.4 Å². The van der Waals surface area contributed by atoms with Crippen molar-refractivity contribution in [3.63, 3.8) is 0 Å². The van der Waals surface area contributed by atoms with Gasteiger partial charge in [0.2, 0.25) is 11.8 Å². The highest BCUT2D eigenvalue weighted by atomic mass is 35.5. The zero-order chi connectivity index (χ0) is 11.4. The van der Waals surface area contributed by atoms with Crippen LogP contribution in [0.2, 0.25) is 5.02 Å². The van der Waals surface area contributed by atoms with Gasteiger partial charge in [0.25, 0.3) is 0 Å². The third-order valence-electron chi connectivity index (χ3n) is 1.97. The molecule has 0 atom stereocenters. The van der Waals surface area contributed by atoms with Crippen molar-refractivity contribution in [2.24, 2.45) is 0 Å². The monoisotopic (exact) mass is 238 g/mol. The largest absolute Gasteiger partial charge is 0.444 e. The summed E-state index contributed by atoms with van der Waals surface area (Å²) >= 11 is 5.67. The topological polar surface area (TPSA) is 63.8 Å². The van der Waals surface area contributed by atoms with E-state index in [1.165, 1.54) is 12.4 Å². The molecule has 1 N–H and O–H groups in total. The summed E-state index contributed by atoms with van der Waals surface area (Å²) in [5.74, 6) is 1.99. The quantitative estimate of drug-likeness (QED) is 0.886. The molecule has 2 aromatic rings. The summed E-state index contributed by atoms with van der Waals surface area (Å²) in [5, 5.41) is 3.50. The Bertz CT molecular complexity index is 454. The second kappa shape index (κ2) is 4.94. The lowest BCUT2D eigenvalue weighted by molar-refractivity contribution is 0.465. The minimum atomic E-state index is 0.460. The van der Waals surface area contributed by atoms with Gasteiger partial charge in [0.05, 0.1) is 30.2 Å². The molecule has 0 saturated carbocycles. The summed E-state index contributed by atoms with van der Waals surface area (Å²) < 4.78 is 5.42. The van der Waals surface area contributed by atoms with Gasteiger partial charge >= 0.3 is 0 Å². The van der Waals surface area contributed by atoms with Crippen molar-refractivity contribution in [3.05, 3.63) is 35.3 Å². The summed E-state index contributed by atoms with van der Waals surface area (Å²) in [5.41, 5.74) is 0. The molecule has 2 rings (SSSR count). The Labute approximate surface area is 97.9 Å². The van der Waals surface area contributed by atoms with Gasteiger partial charge in [-0.25, -0.2) is 15.0 Å². The standard InChI is InChI=1S/C10H11ClN4O/c1-2-8-5-12-9(16-8)6-15-10-13-3-7(11)4-14-10/h3-5H,2,6H2,1H3,(H,13,14,15). The Kier molecular flexibility index (Phi) is 3.36. The van der Waals surface area contributed by atoms with Gasteiger partial charge in [-0.1, -0.05) is 18.5 Å². The van der Waals surface area contributed by atoms with Gasteiger partial charge in [-0.3, -0.25) is 0 Å². The maximum atomic E-state index is 5.67. The van der Waals surface area contributed by atoms with Crippen LogP contribution in [-0.2, 0) is 13.0 Å². The SMILES string of the molecule is CCc1cnc(CNc2ncc(Cl)cn2)o1. The van der Waals surface area contributed by atoms with E-state index in [1.54, 1.807) is 6.20 Å². The van der Waals surface area contributed by atoms with Gasteiger partial charge in [-0.05, 0) is 0 Å². The Hall–Kier alpha value is -1.62. The molecule has 0 saturated heterocycles. The fourth-order valence-corrected chi connectivity index (χ4v) is 1.25. The molecule has 0 radical (unpaired) electrons. The molecule has 0 aliphatic heterocycles. The molecule has 0 spiro atoms. The first-order valence-corrected chi connectivity index (χ1v) is 5.30. The second-order valence-corrected chi connectivity index (χ2v) is 3.59. The van der Waals surface area contributed by atoms with Crippen LogP contribution in [-0.4, -0.2) is 15.0 Å². The van der Waals surface area contributed by atoms with Crippen molar-refractivity contribution in [1.29, 1.82) is 0 Å². The Morgan fingerprint density at radius 2 is 2.00 bits per heavy atom. The van der Waals surface area contributed by atoms with Crippen LogP contribution in [0.3, 0.4) is 0 Å². The summed E-state index contributed by atoms with van der Waals surface area (Å²) in [6.45, 7) is 2.47. The van der Waals surface area contributed by atoms with Gasteiger partial charge < -0.3 is 9.73 Å². The molecule has 16 heavy (non-hydrogen) atoms. The number of nitrogens with one attached hydrogen (secondary N) is 1. The zero-order valence-electron chi connectivity index (χ0n) is 8.77. The maximum Gasteiger partial charge on any atom is 0.223 e. The van der Waals surface area contributed by atoms with Crippen LogP contribution in [0.5, 0.6) is 0 Å². The molecule has 5 nitrogen and oxygen atoms in total. The van der Waals surface area contributed by atoms with Crippen LogP contribution in [0.15, 0.2) is 23.0 Å². The summed E-state index contributed by atoms with van der Waals surface area (Å²) in [4.78, 5) is 12.1. The van der Waals surface area contributed by atoms with E-state index in [2.05, 4.69) is 20.3 Å². The van der Waals surface area contributed by atoms with Crippen LogP contribution < -0.4 is 5.32 Å². The third-order valence-corrected chi connectivity index (χ3v) is 2.16. The van der Waals surface area contributed by atoms with Gasteiger partial charge in [-0.15, -0.1) is 0 Å². The van der Waals surface area contributed by atoms with E-state index < -0.39 is 0 Å². The molecule has 0 fully saturated rings. The van der Waals surface area contributed by atoms with Gasteiger partial charge in [0, 0.05) is 6.42 Å². The highest BCUT2D eigenvalue weighted by molar-refractivity contribution is 6.30. The fourth-order valence-electron chi connectivity index (χ4n) is 1.15. The molecule has 0 aliphatic carbocycles. The number of halogens is 1. The van der Waals surface area contributed by atoms with Gasteiger partial charge in [0.1, 0.15) is 5.76 Å². The summed E-state index contributed by atoms with van der Waals surface area (Å²) in [7, 11) is 0. The van der Waals surface area contributed by atoms with Crippen molar-refractivity contribution in [2.75, 3.05) is 5.32 Å². The second-order valence-electron chi connectivity index (χ2n) is 3.15. The fraction of sp³-hybridized carbons (Fsp3) is 0.300. The molecule has 2 heterocycles. The predicted molar refractivity (Wildman–Crippen MR) is 60.2 cm³/mol. The number of anilines is 1. The Morgan fingerprint density at radius 1 is 1.25 bits per heavy atom. The third kappa shape index (κ3) is 2.70. The first-order chi connectivity index (χ1) is 7.78. The molecule has 0 bridgehead atoms. The van der Waals surface area contributed by atoms with E-state index >= 15 is 0 Å². The van der Waals surface area contributed by atoms with Crippen LogP contribution >= 0.6 is 11.6 Å². The number of hydrogen-bond acceptors (Lipinski definition) is 5. The zero-order valence-corrected chi connectivity index (χ0v) is 9.53. The molecular formula is C10H11ClN4O. The molecular weight excluding hydrogens is 228 g/mol. The molecule has 2 aromatic heterocycles. The van der Waals surface area contributed by atoms with Crippen LogP contribution in [0.4, 0.5) is 5.95 Å². The van der Waals surface area contributed by atoms with Crippen molar-refractivity contribution in [2.45, 2.75) is 19.9 Å². The first kappa shape index (κ1) is 10.9. The molecule has 0 amide bonds. The number of aromatic nitrogens is 3. The van der Waals surface area contributed by atoms with E-state index in [4.69, 9.17) is 16.0 Å². The normalized spacial score (nSPS) is 10.4. The molecule has 0 aromatic carbocycles. The van der Waals surface area contributed by atoms with E-state index in [9.17, 15) is 0 Å². The first-order valence-electron chi connectivity index (χ1n) is 4.93. The summed E-state index contributed by atoms with van der Waals surface area (Å²) in [6.07, 6.45) is 5.62.